The first kappa shape index (κ1) is 14.3. The first-order valence-corrected chi connectivity index (χ1v) is 5.04. The van der Waals surface area contributed by atoms with Crippen LogP contribution in [0.15, 0.2) is 24.3 Å². The number of alkyl halides is 3. The predicted molar refractivity (Wildman–Crippen MR) is 56.8 cm³/mol. The molecule has 0 saturated carbocycles. The van der Waals surface area contributed by atoms with E-state index in [1.165, 1.54) is 0 Å². The van der Waals surface area contributed by atoms with Crippen LogP contribution >= 0.6 is 0 Å². The van der Waals surface area contributed by atoms with Gasteiger partial charge in [-0.1, -0.05) is 17.7 Å². The molecule has 100 valence electrons. The number of rotatable bonds is 5. The molecular weight excluding hydrogens is 251 g/mol. The second-order valence-corrected chi connectivity index (χ2v) is 3.53. The minimum absolute atomic E-state index is 0.416. The van der Waals surface area contributed by atoms with Gasteiger partial charge in [0.1, 0.15) is 5.75 Å². The molecule has 1 amide bonds. The quantitative estimate of drug-likeness (QED) is 0.826. The van der Waals surface area contributed by atoms with Gasteiger partial charge in [0.05, 0.1) is 0 Å². The summed E-state index contributed by atoms with van der Waals surface area (Å²) in [6.07, 6.45) is -4.48. The van der Waals surface area contributed by atoms with E-state index in [9.17, 15) is 18.0 Å². The largest absolute Gasteiger partial charge is 0.484 e. The fourth-order valence-corrected chi connectivity index (χ4v) is 1.01. The van der Waals surface area contributed by atoms with E-state index in [0.29, 0.717) is 5.75 Å². The van der Waals surface area contributed by atoms with Crippen LogP contribution in [0.1, 0.15) is 5.56 Å². The third kappa shape index (κ3) is 6.09. The highest BCUT2D eigenvalue weighted by Gasteiger charge is 2.28. The van der Waals surface area contributed by atoms with E-state index in [0.717, 1.165) is 5.56 Å². The first-order chi connectivity index (χ1) is 8.37. The summed E-state index contributed by atoms with van der Waals surface area (Å²) in [6, 6.07) is 6.87. The topological polar surface area (TPSA) is 47.6 Å². The Kier molecular flexibility index (Phi) is 4.96. The molecule has 0 spiro atoms. The summed E-state index contributed by atoms with van der Waals surface area (Å²) in [6.45, 7) is -0.0638. The molecule has 0 aliphatic rings. The van der Waals surface area contributed by atoms with E-state index in [1.54, 1.807) is 29.7 Å². The lowest BCUT2D eigenvalue weighted by molar-refractivity contribution is -0.192. The second-order valence-electron chi connectivity index (χ2n) is 3.53. The summed E-state index contributed by atoms with van der Waals surface area (Å²) >= 11 is 0. The van der Waals surface area contributed by atoms with Gasteiger partial charge in [0, 0.05) is 0 Å². The minimum Gasteiger partial charge on any atom is -0.484 e. The van der Waals surface area contributed by atoms with Crippen molar-refractivity contribution in [3.8, 4) is 5.75 Å². The Labute approximate surface area is 102 Å². The molecule has 0 bridgehead atoms. The molecular formula is C11H12F3NO3. The highest BCUT2D eigenvalue weighted by atomic mass is 19.4. The number of amides is 1. The lowest BCUT2D eigenvalue weighted by Gasteiger charge is -2.09. The number of benzene rings is 1. The maximum atomic E-state index is 11.7. The third-order valence-corrected chi connectivity index (χ3v) is 1.81. The molecule has 1 N–H and O–H groups in total. The van der Waals surface area contributed by atoms with Gasteiger partial charge < -0.3 is 4.74 Å². The number of hydrogen-bond donors (Lipinski definition) is 1. The van der Waals surface area contributed by atoms with Gasteiger partial charge in [0.25, 0.3) is 5.91 Å². The van der Waals surface area contributed by atoms with Crippen molar-refractivity contribution >= 4 is 5.91 Å². The van der Waals surface area contributed by atoms with Crippen molar-refractivity contribution in [1.29, 1.82) is 0 Å². The SMILES string of the molecule is Cc1ccc(OCC(=O)NOCC(F)(F)F)cc1. The van der Waals surface area contributed by atoms with Crippen LogP contribution in [0.2, 0.25) is 0 Å². The zero-order valence-corrected chi connectivity index (χ0v) is 9.58. The van der Waals surface area contributed by atoms with E-state index < -0.39 is 25.3 Å². The van der Waals surface area contributed by atoms with Crippen molar-refractivity contribution in [2.75, 3.05) is 13.2 Å². The molecule has 0 heterocycles. The van der Waals surface area contributed by atoms with Crippen LogP contribution in [0.3, 0.4) is 0 Å². The van der Waals surface area contributed by atoms with E-state index in [4.69, 9.17) is 4.74 Å². The molecule has 1 aromatic rings. The third-order valence-electron chi connectivity index (χ3n) is 1.81. The molecule has 1 rings (SSSR count). The van der Waals surface area contributed by atoms with Crippen molar-refractivity contribution in [2.24, 2.45) is 0 Å². The van der Waals surface area contributed by atoms with Crippen molar-refractivity contribution in [3.05, 3.63) is 29.8 Å². The van der Waals surface area contributed by atoms with Gasteiger partial charge in [-0.15, -0.1) is 0 Å². The van der Waals surface area contributed by atoms with Crippen LogP contribution in [0.25, 0.3) is 0 Å². The molecule has 0 fully saturated rings. The average Bonchev–Trinajstić information content (AvgIpc) is 2.26. The van der Waals surface area contributed by atoms with Gasteiger partial charge in [0.15, 0.2) is 13.2 Å². The second kappa shape index (κ2) is 6.25. The van der Waals surface area contributed by atoms with Gasteiger partial charge in [0.2, 0.25) is 0 Å². The maximum Gasteiger partial charge on any atom is 0.414 e. The van der Waals surface area contributed by atoms with Crippen molar-refractivity contribution in [1.82, 2.24) is 5.48 Å². The Bertz CT molecular complexity index is 390. The highest BCUT2D eigenvalue weighted by Crippen LogP contribution is 2.13. The van der Waals surface area contributed by atoms with Gasteiger partial charge in [-0.3, -0.25) is 9.63 Å². The summed E-state index contributed by atoms with van der Waals surface area (Å²) in [4.78, 5) is 15.0. The molecule has 0 aliphatic carbocycles. The molecule has 4 nitrogen and oxygen atoms in total. The molecule has 0 aromatic heterocycles. The molecule has 0 aliphatic heterocycles. The van der Waals surface area contributed by atoms with Crippen LogP contribution in [0.4, 0.5) is 13.2 Å². The van der Waals surface area contributed by atoms with Crippen molar-refractivity contribution in [2.45, 2.75) is 13.1 Å². The Hall–Kier alpha value is -1.76. The normalized spacial score (nSPS) is 11.1. The smallest absolute Gasteiger partial charge is 0.414 e. The van der Waals surface area contributed by atoms with Crippen LogP contribution in [0, 0.1) is 6.92 Å². The summed E-state index contributed by atoms with van der Waals surface area (Å²) < 4.78 is 40.1. The number of carbonyl (C=O) groups excluding carboxylic acids is 1. The zero-order valence-electron chi connectivity index (χ0n) is 9.58. The highest BCUT2D eigenvalue weighted by molar-refractivity contribution is 5.76. The van der Waals surface area contributed by atoms with Gasteiger partial charge in [-0.25, -0.2) is 5.48 Å². The van der Waals surface area contributed by atoms with E-state index in [2.05, 4.69) is 4.84 Å². The lowest BCUT2D eigenvalue weighted by atomic mass is 10.2. The number of aryl methyl sites for hydroxylation is 1. The van der Waals surface area contributed by atoms with E-state index in [-0.39, 0.29) is 0 Å². The first-order valence-electron chi connectivity index (χ1n) is 5.04. The Morgan fingerprint density at radius 3 is 2.44 bits per heavy atom. The number of carbonyl (C=O) groups is 1. The maximum absolute atomic E-state index is 11.7. The standard InChI is InChI=1S/C11H12F3NO3/c1-8-2-4-9(5-3-8)17-6-10(16)15-18-7-11(12,13)14/h2-5H,6-7H2,1H3,(H,15,16). The number of hydrogen-bond acceptors (Lipinski definition) is 3. The van der Waals surface area contributed by atoms with Gasteiger partial charge in [-0.05, 0) is 19.1 Å². The van der Waals surface area contributed by atoms with Crippen LogP contribution in [-0.2, 0) is 9.63 Å². The monoisotopic (exact) mass is 263 g/mol. The average molecular weight is 263 g/mol. The molecule has 0 saturated heterocycles. The van der Waals surface area contributed by atoms with E-state index >= 15 is 0 Å². The van der Waals surface area contributed by atoms with Crippen LogP contribution in [0.5, 0.6) is 5.75 Å². The fourth-order valence-electron chi connectivity index (χ4n) is 1.01. The summed E-state index contributed by atoms with van der Waals surface area (Å²) in [5, 5.41) is 0. The number of nitrogens with one attached hydrogen (secondary N) is 1. The predicted octanol–water partition coefficient (Wildman–Crippen LogP) is 1.98. The number of halogens is 3. The Morgan fingerprint density at radius 2 is 1.89 bits per heavy atom. The molecule has 0 radical (unpaired) electrons. The number of ether oxygens (including phenoxy) is 1. The molecule has 0 atom stereocenters. The molecule has 7 heteroatoms. The fraction of sp³-hybridized carbons (Fsp3) is 0.364. The summed E-state index contributed by atoms with van der Waals surface area (Å²) in [5.74, 6) is -0.341. The van der Waals surface area contributed by atoms with Crippen LogP contribution in [-0.4, -0.2) is 25.3 Å². The number of hydroxylamine groups is 1. The Balaban J connectivity index is 2.23. The van der Waals surface area contributed by atoms with Crippen molar-refractivity contribution in [3.63, 3.8) is 0 Å². The molecule has 18 heavy (non-hydrogen) atoms. The molecule has 1 aromatic carbocycles. The Morgan fingerprint density at radius 1 is 1.28 bits per heavy atom. The van der Waals surface area contributed by atoms with E-state index in [1.807, 2.05) is 6.92 Å². The van der Waals surface area contributed by atoms with Crippen molar-refractivity contribution < 1.29 is 27.5 Å². The molecule has 0 unspecified atom stereocenters. The van der Waals surface area contributed by atoms with Gasteiger partial charge in [-0.2, -0.15) is 13.2 Å². The van der Waals surface area contributed by atoms with Crippen LogP contribution < -0.4 is 10.2 Å². The lowest BCUT2D eigenvalue weighted by Crippen LogP contribution is -2.32. The zero-order chi connectivity index (χ0) is 13.6. The summed E-state index contributed by atoms with van der Waals surface area (Å²) in [7, 11) is 0. The van der Waals surface area contributed by atoms with Gasteiger partial charge >= 0.3 is 6.18 Å². The summed E-state index contributed by atoms with van der Waals surface area (Å²) in [5.41, 5.74) is 2.66. The minimum atomic E-state index is -4.48.